The number of anilines is 1. The molecule has 3 rings (SSSR count). The summed E-state index contributed by atoms with van der Waals surface area (Å²) in [6.07, 6.45) is 2.12. The molecule has 0 aliphatic carbocycles. The first kappa shape index (κ1) is 18.2. The van der Waals surface area contributed by atoms with E-state index < -0.39 is 10.0 Å². The van der Waals surface area contributed by atoms with E-state index in [4.69, 9.17) is 0 Å². The lowest BCUT2D eigenvalue weighted by molar-refractivity contribution is 0.103. The van der Waals surface area contributed by atoms with Crippen LogP contribution in [0.3, 0.4) is 0 Å². The zero-order valence-corrected chi connectivity index (χ0v) is 16.0. The maximum Gasteiger partial charge on any atom is 0.264 e. The number of fused-ring (bicyclic) bond motifs is 1. The fourth-order valence-electron chi connectivity index (χ4n) is 3.16. The summed E-state index contributed by atoms with van der Waals surface area (Å²) in [7, 11) is -0.0722. The van der Waals surface area contributed by atoms with Gasteiger partial charge in [-0.15, -0.1) is 0 Å². The molecule has 1 heterocycles. The van der Waals surface area contributed by atoms with Gasteiger partial charge in [0.15, 0.2) is 5.78 Å². The van der Waals surface area contributed by atoms with Gasteiger partial charge >= 0.3 is 0 Å². The zero-order valence-electron chi connectivity index (χ0n) is 15.1. The summed E-state index contributed by atoms with van der Waals surface area (Å²) in [5, 5.41) is 0. The van der Waals surface area contributed by atoms with Crippen LogP contribution >= 0.6 is 0 Å². The topological polar surface area (TPSA) is 57.7 Å². The summed E-state index contributed by atoms with van der Waals surface area (Å²) in [6.45, 7) is 2.00. The molecule has 2 aromatic carbocycles. The minimum atomic E-state index is -3.76. The monoisotopic (exact) mass is 370 g/mol. The highest BCUT2D eigenvalue weighted by Gasteiger charge is 2.32. The fourth-order valence-corrected chi connectivity index (χ4v) is 4.87. The van der Waals surface area contributed by atoms with Crippen LogP contribution in [-0.4, -0.2) is 39.7 Å². The van der Waals surface area contributed by atoms with Crippen LogP contribution < -0.4 is 4.31 Å². The van der Waals surface area contributed by atoms with E-state index in [0.717, 1.165) is 0 Å². The molecule has 0 amide bonds. The van der Waals surface area contributed by atoms with Gasteiger partial charge in [-0.3, -0.25) is 9.10 Å². The van der Waals surface area contributed by atoms with Gasteiger partial charge in [0.25, 0.3) is 10.0 Å². The molecule has 0 atom stereocenters. The minimum Gasteiger partial charge on any atom is -0.383 e. The summed E-state index contributed by atoms with van der Waals surface area (Å²) >= 11 is 0. The third-order valence-corrected chi connectivity index (χ3v) is 6.34. The lowest BCUT2D eigenvalue weighted by Gasteiger charge is -2.24. The predicted molar refractivity (Wildman–Crippen MR) is 103 cm³/mol. The zero-order chi connectivity index (χ0) is 18.9. The van der Waals surface area contributed by atoms with E-state index in [-0.39, 0.29) is 17.2 Å². The number of sulfonamides is 1. The predicted octanol–water partition coefficient (Wildman–Crippen LogP) is 3.22. The van der Waals surface area contributed by atoms with Crippen molar-refractivity contribution in [3.8, 4) is 0 Å². The van der Waals surface area contributed by atoms with Gasteiger partial charge in [-0.1, -0.05) is 30.3 Å². The number of carbonyl (C=O) groups is 1. The Balaban J connectivity index is 2.17. The van der Waals surface area contributed by atoms with Crippen LogP contribution in [0, 0.1) is 6.92 Å². The van der Waals surface area contributed by atoms with Crippen molar-refractivity contribution in [1.29, 1.82) is 0 Å². The normalized spacial score (nSPS) is 16.3. The van der Waals surface area contributed by atoms with Gasteiger partial charge in [0.2, 0.25) is 0 Å². The molecular weight excluding hydrogens is 348 g/mol. The molecule has 0 saturated carbocycles. The van der Waals surface area contributed by atoms with Gasteiger partial charge in [-0.25, -0.2) is 8.42 Å². The number of rotatable bonds is 3. The summed E-state index contributed by atoms with van der Waals surface area (Å²) in [6, 6.07) is 13.8. The summed E-state index contributed by atoms with van der Waals surface area (Å²) < 4.78 is 28.0. The maximum absolute atomic E-state index is 13.3. The summed E-state index contributed by atoms with van der Waals surface area (Å²) in [5.41, 5.74) is 2.13. The number of aryl methyl sites for hydroxylation is 1. The van der Waals surface area contributed by atoms with Crippen LogP contribution in [0.25, 0.3) is 0 Å². The Morgan fingerprint density at radius 1 is 1.04 bits per heavy atom. The first-order chi connectivity index (χ1) is 12.3. The molecule has 0 fully saturated rings. The van der Waals surface area contributed by atoms with Gasteiger partial charge < -0.3 is 4.90 Å². The highest BCUT2D eigenvalue weighted by atomic mass is 32.2. The molecule has 1 aliphatic rings. The highest BCUT2D eigenvalue weighted by Crippen LogP contribution is 2.33. The molecule has 0 N–H and O–H groups in total. The molecule has 26 heavy (non-hydrogen) atoms. The van der Waals surface area contributed by atoms with E-state index in [0.29, 0.717) is 28.8 Å². The largest absolute Gasteiger partial charge is 0.383 e. The maximum atomic E-state index is 13.3. The Labute approximate surface area is 154 Å². The molecule has 0 bridgehead atoms. The quantitative estimate of drug-likeness (QED) is 0.779. The Bertz CT molecular complexity index is 978. The van der Waals surface area contributed by atoms with Crippen molar-refractivity contribution in [3.63, 3.8) is 0 Å². The Morgan fingerprint density at radius 3 is 2.38 bits per heavy atom. The molecule has 0 aromatic heterocycles. The number of hydrogen-bond acceptors (Lipinski definition) is 4. The highest BCUT2D eigenvalue weighted by molar-refractivity contribution is 7.92. The van der Waals surface area contributed by atoms with Gasteiger partial charge in [0.05, 0.1) is 10.6 Å². The van der Waals surface area contributed by atoms with Crippen molar-refractivity contribution < 1.29 is 13.2 Å². The van der Waals surface area contributed by atoms with Gasteiger partial charge in [0.1, 0.15) is 0 Å². The Morgan fingerprint density at radius 2 is 1.69 bits per heavy atom. The van der Waals surface area contributed by atoms with E-state index >= 15 is 0 Å². The van der Waals surface area contributed by atoms with E-state index in [1.165, 1.54) is 4.31 Å². The van der Waals surface area contributed by atoms with E-state index in [9.17, 15) is 13.2 Å². The van der Waals surface area contributed by atoms with Gasteiger partial charge in [0, 0.05) is 38.0 Å². The van der Waals surface area contributed by atoms with Crippen molar-refractivity contribution in [3.05, 3.63) is 71.4 Å². The SMILES string of the molecule is Cc1ccccc1S(=O)(=O)N1CCC(=CN(C)C)C(=O)c2ccccc21. The smallest absolute Gasteiger partial charge is 0.264 e. The van der Waals surface area contributed by atoms with E-state index in [1.54, 1.807) is 60.5 Å². The number of Topliss-reactive ketones (excluding diaryl/α,β-unsaturated/α-hetero) is 1. The average molecular weight is 370 g/mol. The Hall–Kier alpha value is -2.60. The lowest BCUT2D eigenvalue weighted by atomic mass is 10.0. The minimum absolute atomic E-state index is 0.128. The molecule has 2 aromatic rings. The van der Waals surface area contributed by atoms with Gasteiger partial charge in [-0.2, -0.15) is 0 Å². The number of nitrogens with zero attached hydrogens (tertiary/aromatic N) is 2. The molecule has 0 unspecified atom stereocenters. The molecular formula is C20H22N2O3S. The Kier molecular flexibility index (Phi) is 4.87. The number of para-hydroxylation sites is 1. The number of hydrogen-bond donors (Lipinski definition) is 0. The molecule has 5 nitrogen and oxygen atoms in total. The second kappa shape index (κ2) is 6.96. The van der Waals surface area contributed by atoms with Crippen molar-refractivity contribution in [2.24, 2.45) is 0 Å². The van der Waals surface area contributed by atoms with Crippen molar-refractivity contribution in [2.45, 2.75) is 18.2 Å². The molecule has 0 spiro atoms. The van der Waals surface area contributed by atoms with E-state index in [2.05, 4.69) is 0 Å². The first-order valence-corrected chi connectivity index (χ1v) is 9.85. The van der Waals surface area contributed by atoms with Gasteiger partial charge in [-0.05, 0) is 37.1 Å². The van der Waals surface area contributed by atoms with Crippen LogP contribution in [0.1, 0.15) is 22.3 Å². The second-order valence-electron chi connectivity index (χ2n) is 6.56. The van der Waals surface area contributed by atoms with Crippen LogP contribution in [0.4, 0.5) is 5.69 Å². The number of benzene rings is 2. The molecule has 1 aliphatic heterocycles. The molecule has 136 valence electrons. The average Bonchev–Trinajstić information content (AvgIpc) is 2.73. The molecule has 6 heteroatoms. The lowest BCUT2D eigenvalue weighted by Crippen LogP contribution is -2.32. The number of ketones is 1. The standard InChI is InChI=1S/C20H22N2O3S/c1-15-8-4-7-11-19(15)26(24,25)22-13-12-16(14-21(2)3)20(23)17-9-5-6-10-18(17)22/h4-11,14H,12-13H2,1-3H3. The third kappa shape index (κ3) is 3.24. The van der Waals surface area contributed by atoms with Crippen LogP contribution in [0.5, 0.6) is 0 Å². The summed E-state index contributed by atoms with van der Waals surface area (Å²) in [4.78, 5) is 15.0. The van der Waals surface area contributed by atoms with Crippen LogP contribution in [-0.2, 0) is 10.0 Å². The third-order valence-electron chi connectivity index (χ3n) is 4.37. The van der Waals surface area contributed by atoms with Crippen molar-refractivity contribution in [1.82, 2.24) is 4.90 Å². The van der Waals surface area contributed by atoms with Crippen LogP contribution in [0.15, 0.2) is 65.2 Å². The molecule has 0 radical (unpaired) electrons. The van der Waals surface area contributed by atoms with E-state index in [1.807, 2.05) is 20.2 Å². The van der Waals surface area contributed by atoms with Crippen molar-refractivity contribution in [2.75, 3.05) is 24.9 Å². The summed E-state index contributed by atoms with van der Waals surface area (Å²) in [5.74, 6) is -0.128. The number of carbonyl (C=O) groups excluding carboxylic acids is 1. The fraction of sp³-hybridized carbons (Fsp3) is 0.250. The van der Waals surface area contributed by atoms with Crippen LogP contribution in [0.2, 0.25) is 0 Å². The first-order valence-electron chi connectivity index (χ1n) is 8.41. The molecule has 0 saturated heterocycles. The van der Waals surface area contributed by atoms with Crippen molar-refractivity contribution >= 4 is 21.5 Å². The second-order valence-corrected chi connectivity index (χ2v) is 8.39.